The van der Waals surface area contributed by atoms with E-state index >= 15 is 0 Å². The van der Waals surface area contributed by atoms with E-state index in [1.165, 1.54) is 11.8 Å². The Kier molecular flexibility index (Phi) is 7.73. The first-order valence-electron chi connectivity index (χ1n) is 8.74. The lowest BCUT2D eigenvalue weighted by Crippen LogP contribution is -2.35. The molecule has 0 saturated carbocycles. The molecule has 1 N–H and O–H groups in total. The number of nitriles is 1. The third-order valence-electron chi connectivity index (χ3n) is 3.80. The number of anilines is 2. The zero-order valence-electron chi connectivity index (χ0n) is 15.6. The van der Waals surface area contributed by atoms with Crippen LogP contribution in [0.15, 0.2) is 54.6 Å². The molecule has 0 aliphatic carbocycles. The Labute approximate surface area is 163 Å². The summed E-state index contributed by atoms with van der Waals surface area (Å²) in [5.74, 6) is -1.10. The lowest BCUT2D eigenvalue weighted by molar-refractivity contribution is -0.147. The Morgan fingerprint density at radius 2 is 1.75 bits per heavy atom. The number of esters is 1. The van der Waals surface area contributed by atoms with Crippen LogP contribution < -0.4 is 10.2 Å². The summed E-state index contributed by atoms with van der Waals surface area (Å²) in [6, 6.07) is 17.7. The van der Waals surface area contributed by atoms with Crippen LogP contribution in [0, 0.1) is 11.3 Å². The van der Waals surface area contributed by atoms with E-state index in [1.807, 2.05) is 12.1 Å². The Morgan fingerprint density at radius 1 is 1.07 bits per heavy atom. The van der Waals surface area contributed by atoms with Gasteiger partial charge in [0.25, 0.3) is 5.91 Å². The molecule has 0 bridgehead atoms. The van der Waals surface area contributed by atoms with E-state index in [4.69, 9.17) is 10.00 Å². The van der Waals surface area contributed by atoms with Gasteiger partial charge in [0.15, 0.2) is 6.61 Å². The third-order valence-corrected chi connectivity index (χ3v) is 3.80. The van der Waals surface area contributed by atoms with Gasteiger partial charge in [0.1, 0.15) is 0 Å². The molecular formula is C21H21N3O4. The number of carbonyl (C=O) groups excluding carboxylic acids is 3. The summed E-state index contributed by atoms with van der Waals surface area (Å²) in [4.78, 5) is 36.9. The quantitative estimate of drug-likeness (QED) is 0.711. The van der Waals surface area contributed by atoms with E-state index in [1.54, 1.807) is 48.5 Å². The molecule has 0 spiro atoms. The smallest absolute Gasteiger partial charge is 0.310 e. The number of nitrogens with zero attached hydrogens (tertiary/aromatic N) is 2. The summed E-state index contributed by atoms with van der Waals surface area (Å²) >= 11 is 0. The van der Waals surface area contributed by atoms with Gasteiger partial charge in [-0.2, -0.15) is 5.26 Å². The minimum Gasteiger partial charge on any atom is -0.455 e. The molecule has 0 unspecified atom stereocenters. The highest BCUT2D eigenvalue weighted by atomic mass is 16.5. The fourth-order valence-electron chi connectivity index (χ4n) is 2.51. The second-order valence-electron chi connectivity index (χ2n) is 6.00. The summed E-state index contributed by atoms with van der Waals surface area (Å²) in [6.45, 7) is 1.24. The Hall–Kier alpha value is -3.66. The van der Waals surface area contributed by atoms with Gasteiger partial charge in [0.2, 0.25) is 5.91 Å². The lowest BCUT2D eigenvalue weighted by Gasteiger charge is -2.21. The highest BCUT2D eigenvalue weighted by Gasteiger charge is 2.17. The average Bonchev–Trinajstić information content (AvgIpc) is 2.68. The maximum absolute atomic E-state index is 12.5. The van der Waals surface area contributed by atoms with E-state index in [9.17, 15) is 14.4 Å². The van der Waals surface area contributed by atoms with Crippen molar-refractivity contribution < 1.29 is 19.1 Å². The van der Waals surface area contributed by atoms with Gasteiger partial charge in [-0.1, -0.05) is 30.3 Å². The number of carbonyl (C=O) groups is 3. The van der Waals surface area contributed by atoms with Crippen molar-refractivity contribution in [3.63, 3.8) is 0 Å². The SMILES string of the molecule is CC(=O)Nc1ccc(CC(=O)OCC(=O)N(CCC#N)c2ccccc2)cc1. The lowest BCUT2D eigenvalue weighted by atomic mass is 10.1. The van der Waals surface area contributed by atoms with Crippen molar-refractivity contribution >= 4 is 29.2 Å². The highest BCUT2D eigenvalue weighted by Crippen LogP contribution is 2.14. The number of benzene rings is 2. The number of hydrogen-bond donors (Lipinski definition) is 1. The molecule has 2 rings (SSSR count). The van der Waals surface area contributed by atoms with Gasteiger partial charge in [-0.15, -0.1) is 0 Å². The van der Waals surface area contributed by atoms with Crippen LogP contribution in [0.4, 0.5) is 11.4 Å². The zero-order valence-corrected chi connectivity index (χ0v) is 15.6. The number of para-hydroxylation sites is 1. The maximum Gasteiger partial charge on any atom is 0.310 e. The molecule has 0 aliphatic heterocycles. The van der Waals surface area contributed by atoms with E-state index in [-0.39, 0.29) is 25.3 Å². The predicted molar refractivity (Wildman–Crippen MR) is 104 cm³/mol. The maximum atomic E-state index is 12.5. The van der Waals surface area contributed by atoms with Crippen molar-refractivity contribution in [1.29, 1.82) is 5.26 Å². The minimum atomic E-state index is -0.533. The number of amides is 2. The topological polar surface area (TPSA) is 99.5 Å². The third kappa shape index (κ3) is 6.57. The number of nitrogens with one attached hydrogen (secondary N) is 1. The second kappa shape index (κ2) is 10.5. The van der Waals surface area contributed by atoms with E-state index in [0.29, 0.717) is 16.9 Å². The summed E-state index contributed by atoms with van der Waals surface area (Å²) in [7, 11) is 0. The normalized spacial score (nSPS) is 9.86. The van der Waals surface area contributed by atoms with Gasteiger partial charge in [-0.05, 0) is 29.8 Å². The average molecular weight is 379 g/mol. The van der Waals surface area contributed by atoms with Gasteiger partial charge in [-0.25, -0.2) is 0 Å². The van der Waals surface area contributed by atoms with Gasteiger partial charge < -0.3 is 15.0 Å². The molecule has 0 aromatic heterocycles. The summed E-state index contributed by atoms with van der Waals surface area (Å²) < 4.78 is 5.10. The first kappa shape index (κ1) is 20.6. The van der Waals surface area contributed by atoms with E-state index in [0.717, 1.165) is 0 Å². The molecule has 0 saturated heterocycles. The summed E-state index contributed by atoms with van der Waals surface area (Å²) in [5, 5.41) is 11.4. The van der Waals surface area contributed by atoms with Crippen LogP contribution in [-0.2, 0) is 25.5 Å². The second-order valence-corrected chi connectivity index (χ2v) is 6.00. The Morgan fingerprint density at radius 3 is 2.36 bits per heavy atom. The van der Waals surface area contributed by atoms with Crippen molar-refractivity contribution in [2.24, 2.45) is 0 Å². The van der Waals surface area contributed by atoms with Crippen LogP contribution >= 0.6 is 0 Å². The van der Waals surface area contributed by atoms with Gasteiger partial charge in [0.05, 0.1) is 18.9 Å². The number of hydrogen-bond acceptors (Lipinski definition) is 5. The van der Waals surface area contributed by atoms with Crippen LogP contribution in [-0.4, -0.2) is 30.9 Å². The molecule has 2 amide bonds. The van der Waals surface area contributed by atoms with Crippen molar-refractivity contribution in [2.75, 3.05) is 23.4 Å². The van der Waals surface area contributed by atoms with Crippen molar-refractivity contribution in [2.45, 2.75) is 19.8 Å². The Bertz CT molecular complexity index is 857. The largest absolute Gasteiger partial charge is 0.455 e. The number of rotatable bonds is 8. The molecule has 2 aromatic rings. The molecule has 7 nitrogen and oxygen atoms in total. The van der Waals surface area contributed by atoms with Crippen LogP contribution in [0.5, 0.6) is 0 Å². The summed E-state index contributed by atoms with van der Waals surface area (Å²) in [6.07, 6.45) is 0.187. The minimum absolute atomic E-state index is 0.0111. The highest BCUT2D eigenvalue weighted by molar-refractivity contribution is 5.95. The van der Waals surface area contributed by atoms with Gasteiger partial charge >= 0.3 is 5.97 Å². The van der Waals surface area contributed by atoms with Gasteiger partial charge in [0, 0.05) is 24.8 Å². The molecule has 0 radical (unpaired) electrons. The molecule has 0 atom stereocenters. The predicted octanol–water partition coefficient (Wildman–Crippen LogP) is 2.68. The first-order chi connectivity index (χ1) is 13.5. The number of ether oxygens (including phenoxy) is 1. The monoisotopic (exact) mass is 379 g/mol. The Balaban J connectivity index is 1.90. The van der Waals surface area contributed by atoms with Crippen LogP contribution in [0.3, 0.4) is 0 Å². The molecule has 7 heteroatoms. The van der Waals surface area contributed by atoms with Crippen LogP contribution in [0.25, 0.3) is 0 Å². The van der Waals surface area contributed by atoms with Crippen LogP contribution in [0.1, 0.15) is 18.9 Å². The van der Waals surface area contributed by atoms with Crippen molar-refractivity contribution in [3.05, 3.63) is 60.2 Å². The fraction of sp³-hybridized carbons (Fsp3) is 0.238. The molecule has 2 aromatic carbocycles. The van der Waals surface area contributed by atoms with Gasteiger partial charge in [-0.3, -0.25) is 14.4 Å². The molecular weight excluding hydrogens is 358 g/mol. The fourth-order valence-corrected chi connectivity index (χ4v) is 2.51. The molecule has 0 aliphatic rings. The van der Waals surface area contributed by atoms with Crippen LogP contribution in [0.2, 0.25) is 0 Å². The van der Waals surface area contributed by atoms with E-state index in [2.05, 4.69) is 5.32 Å². The standard InChI is InChI=1S/C21H21N3O4/c1-16(25)23-18-10-8-17(9-11-18)14-21(27)28-15-20(26)24(13-5-12-22)19-6-3-2-4-7-19/h2-4,6-11H,5,13-15H2,1H3,(H,23,25). The molecule has 144 valence electrons. The summed E-state index contributed by atoms with van der Waals surface area (Å²) in [5.41, 5.74) is 1.99. The molecule has 0 heterocycles. The molecule has 28 heavy (non-hydrogen) atoms. The van der Waals surface area contributed by atoms with Crippen molar-refractivity contribution in [1.82, 2.24) is 0 Å². The van der Waals surface area contributed by atoms with Crippen molar-refractivity contribution in [3.8, 4) is 6.07 Å². The molecule has 0 fully saturated rings. The van der Waals surface area contributed by atoms with E-state index < -0.39 is 18.5 Å². The zero-order chi connectivity index (χ0) is 20.4. The first-order valence-corrected chi connectivity index (χ1v) is 8.74.